The first kappa shape index (κ1) is 10.8. The Balaban J connectivity index is 2.21. The van der Waals surface area contributed by atoms with E-state index in [2.05, 4.69) is 0 Å². The van der Waals surface area contributed by atoms with Gasteiger partial charge < -0.3 is 5.11 Å². The molecule has 3 rings (SSSR count). The molecule has 0 aliphatic carbocycles. The fourth-order valence-corrected chi connectivity index (χ4v) is 4.06. The summed E-state index contributed by atoms with van der Waals surface area (Å²) >= 11 is 2.83. The highest BCUT2D eigenvalue weighted by atomic mass is 32.2. The van der Waals surface area contributed by atoms with Gasteiger partial charge in [0, 0.05) is 21.1 Å². The Morgan fingerprint density at radius 3 is 2.94 bits per heavy atom. The molecule has 0 amide bonds. The van der Waals surface area contributed by atoms with E-state index in [0.29, 0.717) is 4.88 Å². The zero-order valence-electron chi connectivity index (χ0n) is 8.57. The summed E-state index contributed by atoms with van der Waals surface area (Å²) in [6, 6.07) is 6.34. The number of hydrogen-bond donors (Lipinski definition) is 1. The number of thioether (sulfide) groups is 1. The molecule has 1 aliphatic rings. The molecule has 0 saturated carbocycles. The Morgan fingerprint density at radius 2 is 2.18 bits per heavy atom. The summed E-state index contributed by atoms with van der Waals surface area (Å²) in [7, 11) is 0. The van der Waals surface area contributed by atoms with Crippen LogP contribution in [0.1, 0.15) is 15.2 Å². The van der Waals surface area contributed by atoms with E-state index in [9.17, 15) is 9.18 Å². The van der Waals surface area contributed by atoms with Crippen LogP contribution in [0.5, 0.6) is 0 Å². The summed E-state index contributed by atoms with van der Waals surface area (Å²) in [4.78, 5) is 13.1. The highest BCUT2D eigenvalue weighted by Gasteiger charge is 2.22. The van der Waals surface area contributed by atoms with Crippen LogP contribution < -0.4 is 0 Å². The Labute approximate surface area is 105 Å². The molecule has 0 saturated heterocycles. The largest absolute Gasteiger partial charge is 0.477 e. The number of carbonyl (C=O) groups is 1. The topological polar surface area (TPSA) is 37.3 Å². The zero-order chi connectivity index (χ0) is 12.0. The third-order valence-corrected chi connectivity index (χ3v) is 4.91. The van der Waals surface area contributed by atoms with Gasteiger partial charge in [-0.15, -0.1) is 23.1 Å². The van der Waals surface area contributed by atoms with Crippen molar-refractivity contribution < 1.29 is 14.3 Å². The lowest BCUT2D eigenvalue weighted by Crippen LogP contribution is -1.92. The van der Waals surface area contributed by atoms with Gasteiger partial charge in [0.15, 0.2) is 0 Å². The maximum atomic E-state index is 13.2. The summed E-state index contributed by atoms with van der Waals surface area (Å²) in [5, 5.41) is 8.97. The quantitative estimate of drug-likeness (QED) is 0.851. The normalized spacial score (nSPS) is 13.0. The van der Waals surface area contributed by atoms with E-state index in [4.69, 9.17) is 5.11 Å². The van der Waals surface area contributed by atoms with Gasteiger partial charge in [0.2, 0.25) is 0 Å². The van der Waals surface area contributed by atoms with Crippen LogP contribution in [0, 0.1) is 5.82 Å². The van der Waals surface area contributed by atoms with E-state index in [0.717, 1.165) is 26.7 Å². The minimum atomic E-state index is -0.924. The first-order valence-corrected chi connectivity index (χ1v) is 6.74. The first-order valence-electron chi connectivity index (χ1n) is 4.94. The Bertz CT molecular complexity index is 619. The van der Waals surface area contributed by atoms with Gasteiger partial charge in [-0.25, -0.2) is 9.18 Å². The van der Waals surface area contributed by atoms with Crippen LogP contribution in [0.2, 0.25) is 0 Å². The van der Waals surface area contributed by atoms with E-state index in [1.165, 1.54) is 23.5 Å². The Hall–Kier alpha value is -1.33. The molecule has 1 aromatic heterocycles. The summed E-state index contributed by atoms with van der Waals surface area (Å²) in [6.07, 6.45) is 0. The van der Waals surface area contributed by atoms with Crippen LogP contribution in [0.25, 0.3) is 10.4 Å². The molecule has 86 valence electrons. The van der Waals surface area contributed by atoms with E-state index in [1.54, 1.807) is 23.9 Å². The van der Waals surface area contributed by atoms with Crippen LogP contribution in [-0.2, 0) is 5.75 Å². The maximum Gasteiger partial charge on any atom is 0.345 e. The van der Waals surface area contributed by atoms with Crippen LogP contribution >= 0.6 is 23.1 Å². The number of carboxylic acids is 1. The number of fused-ring (bicyclic) bond motifs is 3. The third kappa shape index (κ3) is 1.75. The average Bonchev–Trinajstić information content (AvgIpc) is 2.73. The number of aromatic carboxylic acids is 1. The second-order valence-corrected chi connectivity index (χ2v) is 5.77. The fraction of sp³-hybridized carbons (Fsp3) is 0.0833. The lowest BCUT2D eigenvalue weighted by atomic mass is 10.1. The molecular formula is C12H7FO2S2. The molecule has 1 aromatic carbocycles. The van der Waals surface area contributed by atoms with Crippen LogP contribution in [0.15, 0.2) is 29.2 Å². The van der Waals surface area contributed by atoms with E-state index < -0.39 is 5.97 Å². The van der Waals surface area contributed by atoms with Crippen molar-refractivity contribution in [2.45, 2.75) is 10.6 Å². The third-order valence-electron chi connectivity index (χ3n) is 2.59. The van der Waals surface area contributed by atoms with Crippen LogP contribution in [0.3, 0.4) is 0 Å². The predicted octanol–water partition coefficient (Wildman–Crippen LogP) is 3.86. The van der Waals surface area contributed by atoms with Gasteiger partial charge in [-0.2, -0.15) is 0 Å². The lowest BCUT2D eigenvalue weighted by molar-refractivity contribution is 0.0702. The van der Waals surface area contributed by atoms with Crippen molar-refractivity contribution in [3.05, 3.63) is 40.5 Å². The van der Waals surface area contributed by atoms with Crippen molar-refractivity contribution >= 4 is 29.1 Å². The van der Waals surface area contributed by atoms with E-state index >= 15 is 0 Å². The van der Waals surface area contributed by atoms with E-state index in [1.807, 2.05) is 0 Å². The maximum absolute atomic E-state index is 13.2. The zero-order valence-corrected chi connectivity index (χ0v) is 10.2. The number of halogens is 1. The van der Waals surface area contributed by atoms with Gasteiger partial charge in [0.05, 0.1) is 0 Å². The smallest absolute Gasteiger partial charge is 0.345 e. The number of benzene rings is 1. The standard InChI is InChI=1S/C12H7FO2S2/c13-7-1-2-9-8(4-7)11-6(5-16-9)3-10(17-11)12(14)15/h1-4H,5H2,(H,14,15). The Kier molecular flexibility index (Phi) is 2.45. The van der Waals surface area contributed by atoms with E-state index in [-0.39, 0.29) is 5.82 Å². The van der Waals surface area contributed by atoms with Crippen LogP contribution in [0.4, 0.5) is 4.39 Å². The number of hydrogen-bond acceptors (Lipinski definition) is 3. The molecule has 0 atom stereocenters. The lowest BCUT2D eigenvalue weighted by Gasteiger charge is -2.15. The second-order valence-electron chi connectivity index (χ2n) is 3.70. The van der Waals surface area contributed by atoms with Crippen molar-refractivity contribution in [1.82, 2.24) is 0 Å². The number of rotatable bonds is 1. The number of thiophene rings is 1. The van der Waals surface area contributed by atoms with Crippen molar-refractivity contribution in [3.63, 3.8) is 0 Å². The first-order chi connectivity index (χ1) is 8.15. The molecule has 2 aromatic rings. The van der Waals surface area contributed by atoms with Gasteiger partial charge in [-0.3, -0.25) is 0 Å². The number of carboxylic acid groups (broad SMARTS) is 1. The summed E-state index contributed by atoms with van der Waals surface area (Å²) in [6.45, 7) is 0. The minimum absolute atomic E-state index is 0.289. The summed E-state index contributed by atoms with van der Waals surface area (Å²) in [5.41, 5.74) is 1.80. The molecule has 5 heteroatoms. The molecule has 0 bridgehead atoms. The van der Waals surface area contributed by atoms with Gasteiger partial charge in [-0.1, -0.05) is 0 Å². The fourth-order valence-electron chi connectivity index (χ4n) is 1.83. The van der Waals surface area contributed by atoms with Gasteiger partial charge in [0.1, 0.15) is 10.7 Å². The Morgan fingerprint density at radius 1 is 1.35 bits per heavy atom. The minimum Gasteiger partial charge on any atom is -0.477 e. The SMILES string of the molecule is O=C(O)c1cc2c(s1)-c1cc(F)ccc1SC2. The molecule has 1 aliphatic heterocycles. The molecule has 1 N–H and O–H groups in total. The second kappa shape index (κ2) is 3.85. The molecule has 0 spiro atoms. The molecular weight excluding hydrogens is 259 g/mol. The predicted molar refractivity (Wildman–Crippen MR) is 66.2 cm³/mol. The van der Waals surface area contributed by atoms with Crippen molar-refractivity contribution in [3.8, 4) is 10.4 Å². The van der Waals surface area contributed by atoms with Gasteiger partial charge in [-0.05, 0) is 29.8 Å². The molecule has 0 fully saturated rings. The highest BCUT2D eigenvalue weighted by Crippen LogP contribution is 2.45. The molecule has 2 nitrogen and oxygen atoms in total. The van der Waals surface area contributed by atoms with Crippen molar-refractivity contribution in [2.24, 2.45) is 0 Å². The summed E-state index contributed by atoms with van der Waals surface area (Å²) in [5.74, 6) is -0.465. The van der Waals surface area contributed by atoms with Crippen molar-refractivity contribution in [2.75, 3.05) is 0 Å². The van der Waals surface area contributed by atoms with Gasteiger partial charge in [0.25, 0.3) is 0 Å². The highest BCUT2D eigenvalue weighted by molar-refractivity contribution is 7.98. The van der Waals surface area contributed by atoms with Crippen LogP contribution in [-0.4, -0.2) is 11.1 Å². The summed E-state index contributed by atoms with van der Waals surface area (Å²) < 4.78 is 13.2. The van der Waals surface area contributed by atoms with Gasteiger partial charge >= 0.3 is 5.97 Å². The monoisotopic (exact) mass is 266 g/mol. The molecule has 0 unspecified atom stereocenters. The molecule has 17 heavy (non-hydrogen) atoms. The molecule has 0 radical (unpaired) electrons. The van der Waals surface area contributed by atoms with Crippen molar-refractivity contribution in [1.29, 1.82) is 0 Å². The average molecular weight is 266 g/mol. The molecule has 2 heterocycles.